The fourth-order valence-electron chi connectivity index (χ4n) is 4.61. The number of pyridine rings is 1. The number of H-pyrrole nitrogens is 1. The number of aromatic nitrogens is 1. The first-order chi connectivity index (χ1) is 18.1. The summed E-state index contributed by atoms with van der Waals surface area (Å²) in [6.45, 7) is 6.68. The lowest BCUT2D eigenvalue weighted by Crippen LogP contribution is -2.42. The number of likely N-dealkylation sites (tertiary alicyclic amines) is 1. The molecule has 0 aliphatic carbocycles. The predicted molar refractivity (Wildman–Crippen MR) is 150 cm³/mol. The third-order valence-corrected chi connectivity index (χ3v) is 9.24. The summed E-state index contributed by atoms with van der Waals surface area (Å²) in [6, 6.07) is 9.58. The van der Waals surface area contributed by atoms with E-state index in [1.807, 2.05) is 6.07 Å². The zero-order valence-corrected chi connectivity index (χ0v) is 23.6. The molecule has 2 aromatic carbocycles. The second-order valence-corrected chi connectivity index (χ2v) is 12.7. The summed E-state index contributed by atoms with van der Waals surface area (Å²) in [4.78, 5) is 30.3. The number of rotatable bonds is 9. The van der Waals surface area contributed by atoms with E-state index in [1.165, 1.54) is 24.4 Å². The molecule has 38 heavy (non-hydrogen) atoms. The van der Waals surface area contributed by atoms with Gasteiger partial charge in [0.25, 0.3) is 11.5 Å². The minimum Gasteiger partial charge on any atom is -0.490 e. The van der Waals surface area contributed by atoms with Gasteiger partial charge < -0.3 is 19.9 Å². The molecule has 1 aliphatic rings. The van der Waals surface area contributed by atoms with Crippen LogP contribution < -0.4 is 15.6 Å². The summed E-state index contributed by atoms with van der Waals surface area (Å²) in [6.07, 6.45) is 3.26. The Balaban J connectivity index is 1.30. The Morgan fingerprint density at radius 2 is 1.87 bits per heavy atom. The number of hydrogen-bond donors (Lipinski definition) is 2. The molecule has 1 aromatic heterocycles. The van der Waals surface area contributed by atoms with Gasteiger partial charge in [0.1, 0.15) is 11.9 Å². The van der Waals surface area contributed by atoms with Crippen LogP contribution in [-0.2, 0) is 9.84 Å². The van der Waals surface area contributed by atoms with Crippen molar-refractivity contribution in [2.75, 3.05) is 31.9 Å². The maximum atomic E-state index is 13.0. The third kappa shape index (κ3) is 6.69. The van der Waals surface area contributed by atoms with Gasteiger partial charge in [0.2, 0.25) is 0 Å². The van der Waals surface area contributed by atoms with Crippen LogP contribution in [0, 0.1) is 5.92 Å². The van der Waals surface area contributed by atoms with E-state index in [0.29, 0.717) is 33.3 Å². The van der Waals surface area contributed by atoms with Gasteiger partial charge in [-0.15, -0.1) is 0 Å². The van der Waals surface area contributed by atoms with E-state index >= 15 is 0 Å². The maximum absolute atomic E-state index is 13.0. The number of amides is 1. The number of nitrogens with zero attached hydrogens (tertiary/aromatic N) is 1. The molecular formula is C27H31Cl2N3O5S. The third-order valence-electron chi connectivity index (χ3n) is 6.77. The fourth-order valence-corrected chi connectivity index (χ4v) is 5.80. The number of piperidine rings is 1. The summed E-state index contributed by atoms with van der Waals surface area (Å²) in [5.41, 5.74) is -0.142. The van der Waals surface area contributed by atoms with Crippen LogP contribution in [-0.4, -0.2) is 62.2 Å². The molecule has 0 spiro atoms. The Bertz CT molecular complexity index is 1480. The summed E-state index contributed by atoms with van der Waals surface area (Å²) < 4.78 is 30.5. The van der Waals surface area contributed by atoms with Gasteiger partial charge in [-0.1, -0.05) is 43.1 Å². The van der Waals surface area contributed by atoms with E-state index < -0.39 is 15.4 Å². The molecular weight excluding hydrogens is 549 g/mol. The summed E-state index contributed by atoms with van der Waals surface area (Å²) in [7, 11) is -3.47. The van der Waals surface area contributed by atoms with Crippen LogP contribution in [0.5, 0.6) is 5.75 Å². The number of nitrogens with one attached hydrogen (secondary N) is 2. The molecule has 0 unspecified atom stereocenters. The second kappa shape index (κ2) is 12.1. The molecule has 8 nitrogen and oxygen atoms in total. The normalized spacial score (nSPS) is 15.9. The molecule has 2 heterocycles. The number of sulfone groups is 1. The molecule has 1 amide bonds. The van der Waals surface area contributed by atoms with E-state index in [2.05, 4.69) is 22.1 Å². The average Bonchev–Trinajstić information content (AvgIpc) is 2.90. The molecule has 1 fully saturated rings. The van der Waals surface area contributed by atoms with Crippen molar-refractivity contribution >= 4 is 49.7 Å². The van der Waals surface area contributed by atoms with Crippen molar-refractivity contribution in [2.45, 2.75) is 37.7 Å². The zero-order valence-electron chi connectivity index (χ0n) is 21.3. The highest BCUT2D eigenvalue weighted by Gasteiger charge is 2.23. The molecule has 11 heteroatoms. The van der Waals surface area contributed by atoms with Gasteiger partial charge in [0, 0.05) is 49.2 Å². The van der Waals surface area contributed by atoms with Gasteiger partial charge in [-0.2, -0.15) is 0 Å². The molecule has 1 saturated heterocycles. The van der Waals surface area contributed by atoms with Crippen molar-refractivity contribution in [3.63, 3.8) is 0 Å². The van der Waals surface area contributed by atoms with Crippen molar-refractivity contribution in [3.05, 3.63) is 68.6 Å². The summed E-state index contributed by atoms with van der Waals surface area (Å²) >= 11 is 12.1. The number of ether oxygens (including phenoxy) is 1. The lowest BCUT2D eigenvalue weighted by molar-refractivity contribution is 0.0886. The van der Waals surface area contributed by atoms with Gasteiger partial charge in [-0.05, 0) is 43.0 Å². The molecule has 1 aliphatic heterocycles. The molecule has 204 valence electrons. The fraction of sp³-hybridized carbons (Fsp3) is 0.407. The highest BCUT2D eigenvalue weighted by molar-refractivity contribution is 7.91. The second-order valence-electron chi connectivity index (χ2n) is 9.65. The maximum Gasteiger partial charge on any atom is 0.255 e. The molecule has 3 aromatic rings. The number of hydrogen-bond acceptors (Lipinski definition) is 6. The van der Waals surface area contributed by atoms with Crippen LogP contribution in [0.15, 0.2) is 52.3 Å². The topological polar surface area (TPSA) is 109 Å². The number of carbonyl (C=O) groups is 1. The van der Waals surface area contributed by atoms with Gasteiger partial charge >= 0.3 is 0 Å². The van der Waals surface area contributed by atoms with E-state index in [4.69, 9.17) is 27.9 Å². The SMILES string of the molecule is CCS(=O)(=O)c1ccc2c(C(=O)NC[C@@H](C)CN3CCC(Oc4ccc(Cl)c(Cl)c4)CC3)c[nH]c(=O)c2c1. The number of fused-ring (bicyclic) bond motifs is 1. The Hall–Kier alpha value is -2.59. The highest BCUT2D eigenvalue weighted by atomic mass is 35.5. The van der Waals surface area contributed by atoms with E-state index in [9.17, 15) is 18.0 Å². The van der Waals surface area contributed by atoms with E-state index in [0.717, 1.165) is 32.5 Å². The van der Waals surface area contributed by atoms with Gasteiger partial charge in [0.15, 0.2) is 9.84 Å². The molecule has 0 bridgehead atoms. The Morgan fingerprint density at radius 3 is 2.55 bits per heavy atom. The Kier molecular flexibility index (Phi) is 9.03. The number of halogens is 2. The van der Waals surface area contributed by atoms with E-state index in [-0.39, 0.29) is 34.0 Å². The Labute approximate surface area is 232 Å². The molecule has 0 radical (unpaired) electrons. The molecule has 0 saturated carbocycles. The minimum atomic E-state index is -3.47. The molecule has 1 atom stereocenters. The van der Waals surface area contributed by atoms with Crippen molar-refractivity contribution < 1.29 is 17.9 Å². The minimum absolute atomic E-state index is 0.0651. The highest BCUT2D eigenvalue weighted by Crippen LogP contribution is 2.28. The van der Waals surface area contributed by atoms with Crippen LogP contribution in [0.1, 0.15) is 37.0 Å². The van der Waals surface area contributed by atoms with E-state index in [1.54, 1.807) is 19.1 Å². The van der Waals surface area contributed by atoms with Crippen molar-refractivity contribution in [3.8, 4) is 5.75 Å². The Morgan fingerprint density at radius 1 is 1.13 bits per heavy atom. The molecule has 2 N–H and O–H groups in total. The smallest absolute Gasteiger partial charge is 0.255 e. The lowest BCUT2D eigenvalue weighted by atomic mass is 10.0. The van der Waals surface area contributed by atoms with Crippen LogP contribution in [0.4, 0.5) is 0 Å². The van der Waals surface area contributed by atoms with Crippen LogP contribution in [0.2, 0.25) is 10.0 Å². The lowest BCUT2D eigenvalue weighted by Gasteiger charge is -2.33. The van der Waals surface area contributed by atoms with Crippen LogP contribution in [0.25, 0.3) is 10.8 Å². The predicted octanol–water partition coefficient (Wildman–Crippen LogP) is 4.54. The largest absolute Gasteiger partial charge is 0.490 e. The van der Waals surface area contributed by atoms with Gasteiger partial charge in [-0.25, -0.2) is 8.42 Å². The first-order valence-corrected chi connectivity index (χ1v) is 15.0. The monoisotopic (exact) mass is 579 g/mol. The van der Waals surface area contributed by atoms with Gasteiger partial charge in [-0.3, -0.25) is 9.59 Å². The number of aromatic amines is 1. The molecule has 4 rings (SSSR count). The standard InChI is InChI=1S/C27H31Cl2N3O5S/c1-3-38(35,36)20-5-6-21-22(13-20)26(33)31-15-23(21)27(34)30-14-17(2)16-32-10-8-18(9-11-32)37-19-4-7-24(28)25(29)12-19/h4-7,12-13,15,17-18H,3,8-11,14,16H2,1-2H3,(H,30,34)(H,31,33)/t17-/m1/s1. The average molecular weight is 581 g/mol. The quantitative estimate of drug-likeness (QED) is 0.385. The van der Waals surface area contributed by atoms with Crippen LogP contribution in [0.3, 0.4) is 0 Å². The summed E-state index contributed by atoms with van der Waals surface area (Å²) in [5, 5.41) is 4.51. The van der Waals surface area contributed by atoms with Crippen LogP contribution >= 0.6 is 23.2 Å². The number of benzene rings is 2. The van der Waals surface area contributed by atoms with Crippen molar-refractivity contribution in [1.29, 1.82) is 0 Å². The van der Waals surface area contributed by atoms with Crippen molar-refractivity contribution in [1.82, 2.24) is 15.2 Å². The number of carbonyl (C=O) groups excluding carboxylic acids is 1. The van der Waals surface area contributed by atoms with Gasteiger partial charge in [0.05, 0.1) is 26.3 Å². The first-order valence-electron chi connectivity index (χ1n) is 12.6. The first kappa shape index (κ1) is 28.4. The zero-order chi connectivity index (χ0) is 27.4. The van der Waals surface area contributed by atoms with Crippen molar-refractivity contribution in [2.24, 2.45) is 5.92 Å². The summed E-state index contributed by atoms with van der Waals surface area (Å²) in [5.74, 6) is 0.516.